The number of halogens is 3. The van der Waals surface area contributed by atoms with Crippen molar-refractivity contribution in [1.29, 1.82) is 0 Å². The van der Waals surface area contributed by atoms with Crippen LogP contribution in [0, 0.1) is 17.2 Å². The Kier molecular flexibility index (Phi) is 11.1. The van der Waals surface area contributed by atoms with E-state index in [1.165, 1.54) is 39.0 Å². The van der Waals surface area contributed by atoms with Crippen LogP contribution in [0.1, 0.15) is 110 Å². The van der Waals surface area contributed by atoms with E-state index >= 15 is 0 Å². The summed E-state index contributed by atoms with van der Waals surface area (Å²) in [5.74, 6) is 0.253. The molecule has 2 aliphatic rings. The zero-order chi connectivity index (χ0) is 30.8. The van der Waals surface area contributed by atoms with Crippen molar-refractivity contribution in [3.05, 3.63) is 109 Å². The zero-order valence-corrected chi connectivity index (χ0v) is 32.4. The van der Waals surface area contributed by atoms with Crippen LogP contribution in [-0.2, 0) is 38.5 Å². The molecule has 0 saturated heterocycles. The average Bonchev–Trinajstić information content (AvgIpc) is 3.44. The summed E-state index contributed by atoms with van der Waals surface area (Å²) in [6.45, 7) is 25.8. The van der Waals surface area contributed by atoms with E-state index in [4.69, 9.17) is 0 Å². The fourth-order valence-electron chi connectivity index (χ4n) is 6.79. The molecular weight excluding hydrogens is 662 g/mol. The summed E-state index contributed by atoms with van der Waals surface area (Å²) in [7, 11) is 0. The van der Waals surface area contributed by atoms with Crippen LogP contribution in [-0.4, -0.2) is 3.71 Å². The van der Waals surface area contributed by atoms with Crippen LogP contribution in [0.15, 0.2) is 75.1 Å². The summed E-state index contributed by atoms with van der Waals surface area (Å²) in [6, 6.07) is 19.5. The molecule has 3 aromatic rings. The summed E-state index contributed by atoms with van der Waals surface area (Å²) in [5.41, 5.74) is 13.2. The molecule has 0 fully saturated rings. The number of rotatable bonds is 4. The SMILES string of the molecule is CCC1=[C](/[Zr+2](=[CH]/c2ccc(F)cc2)[c]2cc(C(C)(C)C)cc3c2Cc2ccc(C(C)(C)C)cc2-3)C(C)C=C1C(C)(C)C.[Cl-].[Cl-]. The molecular formula is C40H49Cl2FZr. The van der Waals surface area contributed by atoms with Gasteiger partial charge in [-0.25, -0.2) is 0 Å². The molecule has 0 N–H and O–H groups in total. The van der Waals surface area contributed by atoms with Crippen LogP contribution in [0.5, 0.6) is 0 Å². The van der Waals surface area contributed by atoms with Crippen molar-refractivity contribution >= 4 is 6.98 Å². The maximum absolute atomic E-state index is 14.0. The molecule has 0 aliphatic heterocycles. The molecule has 0 nitrogen and oxygen atoms in total. The Bertz CT molecular complexity index is 1630. The molecule has 0 amide bonds. The first-order valence-corrected chi connectivity index (χ1v) is 19.6. The van der Waals surface area contributed by atoms with E-state index in [-0.39, 0.29) is 46.9 Å². The van der Waals surface area contributed by atoms with Gasteiger partial charge in [0.05, 0.1) is 0 Å². The Morgan fingerprint density at radius 2 is 1.36 bits per heavy atom. The zero-order valence-electron chi connectivity index (χ0n) is 28.5. The third-order valence-corrected chi connectivity index (χ3v) is 16.5. The monoisotopic (exact) mass is 708 g/mol. The molecule has 0 bridgehead atoms. The second-order valence-corrected chi connectivity index (χ2v) is 21.0. The molecule has 0 spiro atoms. The van der Waals surface area contributed by atoms with Gasteiger partial charge < -0.3 is 24.8 Å². The van der Waals surface area contributed by atoms with E-state index in [0.717, 1.165) is 18.4 Å². The Morgan fingerprint density at radius 3 is 1.91 bits per heavy atom. The van der Waals surface area contributed by atoms with Gasteiger partial charge in [0.1, 0.15) is 0 Å². The number of hydrogen-bond donors (Lipinski definition) is 0. The fraction of sp³-hybridized carbons (Fsp3) is 0.425. The van der Waals surface area contributed by atoms with E-state index < -0.39 is 21.3 Å². The Hall–Kier alpha value is -1.60. The topological polar surface area (TPSA) is 0 Å². The molecule has 0 aromatic heterocycles. The maximum atomic E-state index is 14.0. The molecule has 2 aliphatic carbocycles. The van der Waals surface area contributed by atoms with Crippen LogP contribution in [0.4, 0.5) is 4.39 Å². The van der Waals surface area contributed by atoms with Gasteiger partial charge in [0.25, 0.3) is 0 Å². The third kappa shape index (κ3) is 7.19. The van der Waals surface area contributed by atoms with E-state index in [1.807, 2.05) is 12.1 Å². The number of fused-ring (bicyclic) bond motifs is 3. The predicted octanol–water partition coefficient (Wildman–Crippen LogP) is 4.38. The molecule has 0 saturated carbocycles. The van der Waals surface area contributed by atoms with Gasteiger partial charge in [0.2, 0.25) is 0 Å². The average molecular weight is 711 g/mol. The quantitative estimate of drug-likeness (QED) is 0.295. The fourth-order valence-corrected chi connectivity index (χ4v) is 14.6. The minimum atomic E-state index is -2.69. The minimum absolute atomic E-state index is 0. The molecule has 1 unspecified atom stereocenters. The first kappa shape index (κ1) is 36.9. The predicted molar refractivity (Wildman–Crippen MR) is 177 cm³/mol. The molecule has 44 heavy (non-hydrogen) atoms. The molecule has 1 atom stereocenters. The van der Waals surface area contributed by atoms with Gasteiger partial charge in [-0.2, -0.15) is 0 Å². The smallest absolute Gasteiger partial charge is 1.00 e. The molecule has 0 radical (unpaired) electrons. The largest absolute Gasteiger partial charge is 1.00 e. The van der Waals surface area contributed by atoms with Gasteiger partial charge in [0.15, 0.2) is 0 Å². The van der Waals surface area contributed by atoms with Gasteiger partial charge in [-0.1, -0.05) is 0 Å². The maximum Gasteiger partial charge on any atom is -1.00 e. The van der Waals surface area contributed by atoms with Gasteiger partial charge in [-0.05, 0) is 0 Å². The second kappa shape index (κ2) is 13.3. The first-order valence-electron chi connectivity index (χ1n) is 15.7. The summed E-state index contributed by atoms with van der Waals surface area (Å²) in [6.07, 6.45) is 4.62. The third-order valence-electron chi connectivity index (χ3n) is 9.19. The Labute approximate surface area is 286 Å². The van der Waals surface area contributed by atoms with Crippen molar-refractivity contribution in [3.63, 3.8) is 0 Å². The van der Waals surface area contributed by atoms with Crippen molar-refractivity contribution in [1.82, 2.24) is 0 Å². The summed E-state index contributed by atoms with van der Waals surface area (Å²) < 4.78 is 19.9. The normalized spacial score (nSPS) is 16.3. The van der Waals surface area contributed by atoms with Crippen LogP contribution >= 0.6 is 0 Å². The molecule has 3 aromatic carbocycles. The van der Waals surface area contributed by atoms with Crippen molar-refractivity contribution in [2.24, 2.45) is 11.3 Å². The standard InChI is InChI=1S/C21H25.C12H19.C7H5F.2ClH.Zr/c1-20(2,3)16-9-7-14-11-15-8-10-17(21(4,5)6)13-19(15)18(14)12-16;1-6-10-7-9(2)8-11(10)12(3,4)5;1-6-2-4-7(8)5-3-6;;;/h7,9-10,12-13H,11H2,1-6H3;8-9H,6H2,1-5H3;1-5H;2*1H;/q;;;;;+2/p-2. The first-order chi connectivity index (χ1) is 19.5. The molecule has 0 heterocycles. The molecule has 234 valence electrons. The number of hydrogen-bond acceptors (Lipinski definition) is 0. The van der Waals surface area contributed by atoms with E-state index in [2.05, 4.69) is 116 Å². The van der Waals surface area contributed by atoms with Crippen LogP contribution in [0.3, 0.4) is 0 Å². The van der Waals surface area contributed by atoms with Crippen molar-refractivity contribution in [2.45, 2.75) is 99.8 Å². The van der Waals surface area contributed by atoms with Crippen molar-refractivity contribution < 1.29 is 50.5 Å². The summed E-state index contributed by atoms with van der Waals surface area (Å²) >= 11 is -2.69. The van der Waals surface area contributed by atoms with E-state index in [9.17, 15) is 4.39 Å². The van der Waals surface area contributed by atoms with Gasteiger partial charge in [-0.15, -0.1) is 0 Å². The van der Waals surface area contributed by atoms with E-state index in [1.54, 1.807) is 24.3 Å². The van der Waals surface area contributed by atoms with Gasteiger partial charge in [-0.3, -0.25) is 0 Å². The van der Waals surface area contributed by atoms with Gasteiger partial charge in [0, 0.05) is 0 Å². The molecule has 4 heteroatoms. The van der Waals surface area contributed by atoms with Crippen molar-refractivity contribution in [3.8, 4) is 11.1 Å². The summed E-state index contributed by atoms with van der Waals surface area (Å²) in [5, 5.41) is 0. The number of benzene rings is 3. The number of allylic oxidation sites excluding steroid dienone is 4. The van der Waals surface area contributed by atoms with E-state index in [0.29, 0.717) is 5.92 Å². The van der Waals surface area contributed by atoms with Crippen LogP contribution < -0.4 is 28.1 Å². The Balaban J connectivity index is 0.00000264. The van der Waals surface area contributed by atoms with Crippen molar-refractivity contribution in [2.75, 3.05) is 0 Å². The van der Waals surface area contributed by atoms with Crippen LogP contribution in [0.25, 0.3) is 11.1 Å². The second-order valence-electron chi connectivity index (χ2n) is 15.6. The van der Waals surface area contributed by atoms with Gasteiger partial charge >= 0.3 is 264 Å². The minimum Gasteiger partial charge on any atom is -1.00 e. The Morgan fingerprint density at radius 1 is 0.773 bits per heavy atom. The van der Waals surface area contributed by atoms with Crippen LogP contribution in [0.2, 0.25) is 0 Å². The summed E-state index contributed by atoms with van der Waals surface area (Å²) in [4.78, 5) is 0. The molecule has 5 rings (SSSR count).